The average molecular weight is 438 g/mol. The highest BCUT2D eigenvalue weighted by Crippen LogP contribution is 2.41. The number of rotatable bonds is 9. The number of nitrogens with two attached hydrogens (primary N) is 1. The van der Waals surface area contributed by atoms with Crippen LogP contribution in [0.2, 0.25) is 0 Å². The molecule has 1 rings (SSSR count). The Morgan fingerprint density at radius 2 is 1.63 bits per heavy atom. The molecule has 30 heavy (non-hydrogen) atoms. The molecule has 0 spiro atoms. The fourth-order valence-electron chi connectivity index (χ4n) is 3.57. The minimum Gasteiger partial charge on any atom is -0.404 e. The van der Waals surface area contributed by atoms with E-state index in [0.29, 0.717) is 5.92 Å². The van der Waals surface area contributed by atoms with Crippen molar-refractivity contribution in [3.8, 4) is 0 Å². The molecule has 1 aromatic carbocycles. The first-order valence-corrected chi connectivity index (χ1v) is 11.3. The molecule has 0 saturated heterocycles. The zero-order chi connectivity index (χ0) is 23.3. The maximum Gasteiger partial charge on any atom is 0.169 e. The second-order valence-electron chi connectivity index (χ2n) is 9.89. The van der Waals surface area contributed by atoms with Gasteiger partial charge < -0.3 is 11.1 Å². The standard InChI is InChI=1S/C24H37F2N3S/c1-8-15(2)24(6,7)12-17(11-23(3,4)5)30-22(29)19-10-9-18(16(13-27)14-28)20(25)21(19)26/h9-10,13-15,17,27,29H,8,11-12,28H2,1-7H3/b16-14+,27-13?,29-22?. The molecule has 1 aromatic rings. The summed E-state index contributed by atoms with van der Waals surface area (Å²) in [5.41, 5.74) is 5.51. The SMILES string of the molecule is CCC(C)C(C)(C)CC(CC(C)(C)C)SC(=N)c1ccc(/C(C=N)=C/N)c(F)c1F. The molecule has 2 atom stereocenters. The lowest BCUT2D eigenvalue weighted by molar-refractivity contribution is 0.193. The highest BCUT2D eigenvalue weighted by Gasteiger charge is 2.32. The van der Waals surface area contributed by atoms with Crippen LogP contribution in [0.15, 0.2) is 18.3 Å². The smallest absolute Gasteiger partial charge is 0.169 e. The number of nitrogens with one attached hydrogen (secondary N) is 2. The lowest BCUT2D eigenvalue weighted by atomic mass is 9.73. The summed E-state index contributed by atoms with van der Waals surface area (Å²) in [6, 6.07) is 2.79. The van der Waals surface area contributed by atoms with Crippen molar-refractivity contribution in [3.05, 3.63) is 41.1 Å². The van der Waals surface area contributed by atoms with Crippen molar-refractivity contribution in [2.24, 2.45) is 22.5 Å². The van der Waals surface area contributed by atoms with Crippen molar-refractivity contribution < 1.29 is 8.78 Å². The predicted octanol–water partition coefficient (Wildman–Crippen LogP) is 7.24. The largest absolute Gasteiger partial charge is 0.404 e. The van der Waals surface area contributed by atoms with Gasteiger partial charge in [-0.1, -0.05) is 61.0 Å². The molecule has 0 aliphatic carbocycles. The summed E-state index contributed by atoms with van der Waals surface area (Å²) in [4.78, 5) is 0. The molecular weight excluding hydrogens is 400 g/mol. The number of thioether (sulfide) groups is 1. The topological polar surface area (TPSA) is 73.7 Å². The van der Waals surface area contributed by atoms with E-state index >= 15 is 0 Å². The van der Waals surface area contributed by atoms with Crippen molar-refractivity contribution in [3.63, 3.8) is 0 Å². The Hall–Kier alpha value is -1.69. The van der Waals surface area contributed by atoms with E-state index in [1.54, 1.807) is 0 Å². The van der Waals surface area contributed by atoms with E-state index < -0.39 is 11.6 Å². The van der Waals surface area contributed by atoms with Crippen LogP contribution in [-0.4, -0.2) is 16.5 Å². The monoisotopic (exact) mass is 437 g/mol. The van der Waals surface area contributed by atoms with Crippen molar-refractivity contribution >= 4 is 28.6 Å². The number of benzene rings is 1. The average Bonchev–Trinajstić information content (AvgIpc) is 2.63. The van der Waals surface area contributed by atoms with Gasteiger partial charge in [-0.2, -0.15) is 0 Å². The van der Waals surface area contributed by atoms with Gasteiger partial charge in [-0.05, 0) is 35.7 Å². The van der Waals surface area contributed by atoms with E-state index in [4.69, 9.17) is 16.6 Å². The molecule has 0 aromatic heterocycles. The Morgan fingerprint density at radius 3 is 2.10 bits per heavy atom. The zero-order valence-corrected chi connectivity index (χ0v) is 20.1. The Morgan fingerprint density at radius 1 is 1.10 bits per heavy atom. The van der Waals surface area contributed by atoms with Crippen LogP contribution < -0.4 is 5.73 Å². The van der Waals surface area contributed by atoms with E-state index in [1.165, 1.54) is 23.9 Å². The van der Waals surface area contributed by atoms with Crippen LogP contribution in [-0.2, 0) is 0 Å². The predicted molar refractivity (Wildman–Crippen MR) is 127 cm³/mol. The Balaban J connectivity index is 3.20. The van der Waals surface area contributed by atoms with Gasteiger partial charge in [0, 0.05) is 34.4 Å². The third-order valence-corrected chi connectivity index (χ3v) is 6.92. The molecule has 4 N–H and O–H groups in total. The van der Waals surface area contributed by atoms with E-state index in [-0.39, 0.29) is 37.8 Å². The summed E-state index contributed by atoms with van der Waals surface area (Å²) >= 11 is 1.32. The summed E-state index contributed by atoms with van der Waals surface area (Å²) in [7, 11) is 0. The second kappa shape index (κ2) is 10.6. The molecule has 6 heteroatoms. The van der Waals surface area contributed by atoms with Gasteiger partial charge in [0.1, 0.15) is 0 Å². The summed E-state index contributed by atoms with van der Waals surface area (Å²) < 4.78 is 29.4. The van der Waals surface area contributed by atoms with Gasteiger partial charge >= 0.3 is 0 Å². The fraction of sp³-hybridized carbons (Fsp3) is 0.583. The third-order valence-electron chi connectivity index (χ3n) is 5.80. The zero-order valence-electron chi connectivity index (χ0n) is 19.3. The Kier molecular flexibility index (Phi) is 9.27. The highest BCUT2D eigenvalue weighted by molar-refractivity contribution is 8.14. The van der Waals surface area contributed by atoms with E-state index in [1.807, 2.05) is 0 Å². The van der Waals surface area contributed by atoms with Crippen LogP contribution in [0.1, 0.15) is 78.9 Å². The van der Waals surface area contributed by atoms with Gasteiger partial charge in [-0.3, -0.25) is 5.41 Å². The van der Waals surface area contributed by atoms with Crippen LogP contribution >= 0.6 is 11.8 Å². The number of hydrogen-bond donors (Lipinski definition) is 3. The van der Waals surface area contributed by atoms with Gasteiger partial charge in [0.2, 0.25) is 0 Å². The van der Waals surface area contributed by atoms with E-state index in [9.17, 15) is 8.78 Å². The van der Waals surface area contributed by atoms with Gasteiger partial charge in [0.05, 0.1) is 5.04 Å². The molecule has 0 aliphatic rings. The normalized spacial score (nSPS) is 15.0. The van der Waals surface area contributed by atoms with Gasteiger partial charge in [-0.15, -0.1) is 11.8 Å². The van der Waals surface area contributed by atoms with Crippen molar-refractivity contribution in [1.82, 2.24) is 0 Å². The molecule has 0 radical (unpaired) electrons. The first kappa shape index (κ1) is 26.3. The molecule has 3 nitrogen and oxygen atoms in total. The molecule has 168 valence electrons. The maximum atomic E-state index is 14.8. The first-order chi connectivity index (χ1) is 13.8. The molecule has 0 saturated carbocycles. The van der Waals surface area contributed by atoms with Crippen LogP contribution in [0.25, 0.3) is 5.57 Å². The maximum absolute atomic E-state index is 14.8. The van der Waals surface area contributed by atoms with E-state index in [0.717, 1.165) is 31.7 Å². The molecular formula is C24H37F2N3S. The lowest BCUT2D eigenvalue weighted by Gasteiger charge is -2.36. The summed E-state index contributed by atoms with van der Waals surface area (Å²) in [6.07, 6.45) is 4.79. The second-order valence-corrected chi connectivity index (χ2v) is 11.2. The molecule has 0 fully saturated rings. The van der Waals surface area contributed by atoms with Crippen molar-refractivity contribution in [2.45, 2.75) is 73.0 Å². The van der Waals surface area contributed by atoms with Gasteiger partial charge in [0.25, 0.3) is 0 Å². The van der Waals surface area contributed by atoms with E-state index in [2.05, 4.69) is 48.5 Å². The van der Waals surface area contributed by atoms with Crippen LogP contribution in [0, 0.1) is 39.2 Å². The minimum atomic E-state index is -1.08. The van der Waals surface area contributed by atoms with Crippen LogP contribution in [0.5, 0.6) is 0 Å². The van der Waals surface area contributed by atoms with Crippen LogP contribution in [0.3, 0.4) is 0 Å². The van der Waals surface area contributed by atoms with Crippen molar-refractivity contribution in [1.29, 1.82) is 10.8 Å². The Labute approximate surface area is 184 Å². The fourth-order valence-corrected chi connectivity index (χ4v) is 5.29. The highest BCUT2D eigenvalue weighted by atomic mass is 32.2. The third kappa shape index (κ3) is 6.93. The Bertz CT molecular complexity index is 794. The summed E-state index contributed by atoms with van der Waals surface area (Å²) in [5.74, 6) is -1.63. The number of halogens is 2. The summed E-state index contributed by atoms with van der Waals surface area (Å²) in [5, 5.41) is 16.0. The minimum absolute atomic E-state index is 0.0280. The first-order valence-electron chi connectivity index (χ1n) is 10.4. The quantitative estimate of drug-likeness (QED) is 0.281. The van der Waals surface area contributed by atoms with Gasteiger partial charge in [0.15, 0.2) is 11.6 Å². The lowest BCUT2D eigenvalue weighted by Crippen LogP contribution is -2.29. The summed E-state index contributed by atoms with van der Waals surface area (Å²) in [6.45, 7) is 15.4. The molecule has 0 amide bonds. The number of allylic oxidation sites excluding steroid dienone is 1. The van der Waals surface area contributed by atoms with Crippen LogP contribution in [0.4, 0.5) is 8.78 Å². The molecule has 2 unspecified atom stereocenters. The molecule has 0 aliphatic heterocycles. The molecule has 0 heterocycles. The number of hydrogen-bond acceptors (Lipinski definition) is 4. The van der Waals surface area contributed by atoms with Gasteiger partial charge in [-0.25, -0.2) is 8.78 Å². The molecule has 0 bridgehead atoms. The van der Waals surface area contributed by atoms with Crippen molar-refractivity contribution in [2.75, 3.05) is 0 Å².